The molecule has 0 bridgehead atoms. The summed E-state index contributed by atoms with van der Waals surface area (Å²) in [7, 11) is 0. The molecule has 36 heavy (non-hydrogen) atoms. The van der Waals surface area contributed by atoms with Gasteiger partial charge in [-0.25, -0.2) is 13.6 Å². The summed E-state index contributed by atoms with van der Waals surface area (Å²) in [6, 6.07) is 11.1. The Labute approximate surface area is 216 Å². The van der Waals surface area contributed by atoms with Gasteiger partial charge < -0.3 is 20.1 Å². The lowest BCUT2D eigenvalue weighted by Gasteiger charge is -2.26. The van der Waals surface area contributed by atoms with Crippen molar-refractivity contribution >= 4 is 23.7 Å². The molecule has 0 aliphatic carbocycles. The van der Waals surface area contributed by atoms with Crippen molar-refractivity contribution in [3.8, 4) is 11.1 Å². The molecule has 9 heteroatoms. The third kappa shape index (κ3) is 10.1. The highest BCUT2D eigenvalue weighted by atomic mass is 35.5. The number of halogens is 3. The van der Waals surface area contributed by atoms with Crippen molar-refractivity contribution < 1.29 is 27.8 Å². The number of ether oxygens (including phenoxy) is 2. The number of amides is 1. The lowest BCUT2D eigenvalue weighted by molar-refractivity contribution is -0.148. The molecule has 2 aromatic rings. The Bertz CT molecular complexity index is 996. The maximum Gasteiger partial charge on any atom is 0.407 e. The standard InChI is InChI=1S/C27H35ClF2N2O4/c1-5-35-25(33)20(17-31-13-12-29)15-22(32-26(34)36-27(2,3)4)14-18-6-8-19(9-7-18)23-16-21(28)10-11-24(23)30/h6-11,16,20,22,31H,5,12-15,17H2,1-4H3,(H,32,34)/t20-,22+/m0/s1. The monoisotopic (exact) mass is 524 g/mol. The number of rotatable bonds is 12. The van der Waals surface area contributed by atoms with Gasteiger partial charge in [-0.3, -0.25) is 4.79 Å². The largest absolute Gasteiger partial charge is 0.466 e. The molecule has 2 N–H and O–H groups in total. The molecule has 6 nitrogen and oxygen atoms in total. The van der Waals surface area contributed by atoms with Gasteiger partial charge in [0.15, 0.2) is 0 Å². The molecule has 0 aromatic heterocycles. The van der Waals surface area contributed by atoms with Crippen molar-refractivity contribution in [2.24, 2.45) is 5.92 Å². The van der Waals surface area contributed by atoms with Gasteiger partial charge in [-0.1, -0.05) is 35.9 Å². The van der Waals surface area contributed by atoms with Gasteiger partial charge in [-0.15, -0.1) is 0 Å². The second kappa shape index (κ2) is 14.1. The second-order valence-corrected chi connectivity index (χ2v) is 9.88. The van der Waals surface area contributed by atoms with Crippen molar-refractivity contribution in [1.29, 1.82) is 0 Å². The van der Waals surface area contributed by atoms with E-state index in [9.17, 15) is 18.4 Å². The molecule has 0 aliphatic heterocycles. The zero-order valence-corrected chi connectivity index (χ0v) is 22.0. The molecule has 0 radical (unpaired) electrons. The van der Waals surface area contributed by atoms with Crippen LogP contribution in [-0.4, -0.2) is 50.1 Å². The number of carbonyl (C=O) groups is 2. The first-order chi connectivity index (χ1) is 17.0. The van der Waals surface area contributed by atoms with E-state index in [2.05, 4.69) is 10.6 Å². The van der Waals surface area contributed by atoms with E-state index in [1.807, 2.05) is 12.1 Å². The van der Waals surface area contributed by atoms with Gasteiger partial charge in [-0.05, 0) is 69.9 Å². The van der Waals surface area contributed by atoms with Crippen molar-refractivity contribution in [2.75, 3.05) is 26.4 Å². The zero-order chi connectivity index (χ0) is 26.7. The Morgan fingerprint density at radius 1 is 1.11 bits per heavy atom. The van der Waals surface area contributed by atoms with Crippen molar-refractivity contribution in [3.63, 3.8) is 0 Å². The van der Waals surface area contributed by atoms with Crippen LogP contribution in [-0.2, 0) is 20.7 Å². The predicted octanol–water partition coefficient (Wildman–Crippen LogP) is 5.71. The Morgan fingerprint density at radius 3 is 2.42 bits per heavy atom. The van der Waals surface area contributed by atoms with E-state index in [1.165, 1.54) is 12.1 Å². The van der Waals surface area contributed by atoms with E-state index in [-0.39, 0.29) is 31.9 Å². The quantitative estimate of drug-likeness (QED) is 0.275. The Kier molecular flexibility index (Phi) is 11.6. The highest BCUT2D eigenvalue weighted by Gasteiger charge is 2.27. The van der Waals surface area contributed by atoms with Gasteiger partial charge in [0.05, 0.1) is 12.5 Å². The molecule has 0 saturated carbocycles. The smallest absolute Gasteiger partial charge is 0.407 e. The summed E-state index contributed by atoms with van der Waals surface area (Å²) in [6.07, 6.45) is 0.0305. The van der Waals surface area contributed by atoms with Crippen molar-refractivity contribution in [3.05, 3.63) is 58.9 Å². The summed E-state index contributed by atoms with van der Waals surface area (Å²) >= 11 is 6.02. The lowest BCUT2D eigenvalue weighted by atomic mass is 9.93. The second-order valence-electron chi connectivity index (χ2n) is 9.45. The molecule has 0 heterocycles. The van der Waals surface area contributed by atoms with Gasteiger partial charge in [0, 0.05) is 29.7 Å². The lowest BCUT2D eigenvalue weighted by Crippen LogP contribution is -2.43. The summed E-state index contributed by atoms with van der Waals surface area (Å²) in [5.74, 6) is -1.41. The number of nitrogens with one attached hydrogen (secondary N) is 2. The van der Waals surface area contributed by atoms with Gasteiger partial charge in [0.25, 0.3) is 0 Å². The van der Waals surface area contributed by atoms with Crippen LogP contribution in [0.4, 0.5) is 13.6 Å². The minimum Gasteiger partial charge on any atom is -0.466 e. The first-order valence-corrected chi connectivity index (χ1v) is 12.4. The topological polar surface area (TPSA) is 76.7 Å². The maximum absolute atomic E-state index is 14.3. The molecule has 2 atom stereocenters. The molecule has 0 spiro atoms. The number of alkyl carbamates (subject to hydrolysis) is 1. The molecule has 0 unspecified atom stereocenters. The average molecular weight is 525 g/mol. The number of esters is 1. The molecule has 2 aromatic carbocycles. The Balaban J connectivity index is 2.23. The fourth-order valence-corrected chi connectivity index (χ4v) is 3.87. The summed E-state index contributed by atoms with van der Waals surface area (Å²) in [6.45, 7) is 6.97. The number of hydrogen-bond acceptors (Lipinski definition) is 5. The molecule has 198 valence electrons. The van der Waals surface area contributed by atoms with E-state index in [0.717, 1.165) is 5.56 Å². The molecule has 0 saturated heterocycles. The van der Waals surface area contributed by atoms with Gasteiger partial charge in [-0.2, -0.15) is 0 Å². The van der Waals surface area contributed by atoms with Crippen LogP contribution in [0.2, 0.25) is 5.02 Å². The summed E-state index contributed by atoms with van der Waals surface area (Å²) in [5, 5.41) is 6.19. The zero-order valence-electron chi connectivity index (χ0n) is 21.2. The molecular formula is C27H35ClF2N2O4. The number of alkyl halides is 1. The van der Waals surface area contributed by atoms with Crippen molar-refractivity contribution in [2.45, 2.75) is 52.2 Å². The molecule has 2 rings (SSSR count). The average Bonchev–Trinajstić information content (AvgIpc) is 2.79. The van der Waals surface area contributed by atoms with Gasteiger partial charge in [0.2, 0.25) is 0 Å². The van der Waals surface area contributed by atoms with Crippen LogP contribution < -0.4 is 10.6 Å². The van der Waals surface area contributed by atoms with Crippen molar-refractivity contribution in [1.82, 2.24) is 10.6 Å². The fourth-order valence-electron chi connectivity index (χ4n) is 3.70. The van der Waals surface area contributed by atoms with E-state index >= 15 is 0 Å². The highest BCUT2D eigenvalue weighted by Crippen LogP contribution is 2.27. The third-order valence-electron chi connectivity index (χ3n) is 5.25. The maximum atomic E-state index is 14.3. The summed E-state index contributed by atoms with van der Waals surface area (Å²) in [5.41, 5.74) is 1.22. The molecule has 1 amide bonds. The predicted molar refractivity (Wildman–Crippen MR) is 137 cm³/mol. The molecular weight excluding hydrogens is 490 g/mol. The van der Waals surface area contributed by atoms with Crippen LogP contribution in [0, 0.1) is 11.7 Å². The minimum atomic E-state index is -0.694. The van der Waals surface area contributed by atoms with Crippen LogP contribution >= 0.6 is 11.6 Å². The summed E-state index contributed by atoms with van der Waals surface area (Å²) < 4.78 is 37.5. The van der Waals surface area contributed by atoms with E-state index < -0.39 is 36.3 Å². The minimum absolute atomic E-state index is 0.113. The van der Waals surface area contributed by atoms with Crippen LogP contribution in [0.5, 0.6) is 0 Å². The third-order valence-corrected chi connectivity index (χ3v) is 5.48. The SMILES string of the molecule is CCOC(=O)[C@H](CNCCF)C[C@@H](Cc1ccc(-c2cc(Cl)ccc2F)cc1)NC(=O)OC(C)(C)C. The van der Waals surface area contributed by atoms with E-state index in [4.69, 9.17) is 21.1 Å². The first kappa shape index (κ1) is 29.5. The van der Waals surface area contributed by atoms with Gasteiger partial charge in [0.1, 0.15) is 18.1 Å². The number of carbonyl (C=O) groups excluding carboxylic acids is 2. The Morgan fingerprint density at radius 2 is 1.81 bits per heavy atom. The molecule has 0 fully saturated rings. The summed E-state index contributed by atoms with van der Waals surface area (Å²) in [4.78, 5) is 25.1. The van der Waals surface area contributed by atoms with Gasteiger partial charge >= 0.3 is 12.1 Å². The van der Waals surface area contributed by atoms with Crippen LogP contribution in [0.25, 0.3) is 11.1 Å². The first-order valence-electron chi connectivity index (χ1n) is 12.0. The van der Waals surface area contributed by atoms with Crippen LogP contribution in [0.15, 0.2) is 42.5 Å². The van der Waals surface area contributed by atoms with E-state index in [1.54, 1.807) is 45.9 Å². The Hall–Kier alpha value is -2.71. The molecule has 0 aliphatic rings. The fraction of sp³-hybridized carbons (Fsp3) is 0.481. The van der Waals surface area contributed by atoms with Crippen LogP contribution in [0.3, 0.4) is 0 Å². The van der Waals surface area contributed by atoms with Crippen LogP contribution in [0.1, 0.15) is 39.7 Å². The number of hydrogen-bond donors (Lipinski definition) is 2. The van der Waals surface area contributed by atoms with E-state index in [0.29, 0.717) is 22.6 Å². The number of benzene rings is 2. The normalized spacial score (nSPS) is 13.1. The highest BCUT2D eigenvalue weighted by molar-refractivity contribution is 6.30.